The topological polar surface area (TPSA) is 55.1 Å². The van der Waals surface area contributed by atoms with Crippen LogP contribution >= 0.6 is 0 Å². The van der Waals surface area contributed by atoms with E-state index < -0.39 is 0 Å². The molecule has 0 aliphatic heterocycles. The molecule has 1 heterocycles. The van der Waals surface area contributed by atoms with Crippen LogP contribution in [0.1, 0.15) is 12.5 Å². The van der Waals surface area contributed by atoms with E-state index in [1.807, 2.05) is 55.5 Å². The number of ether oxygens (including phenoxy) is 2. The highest BCUT2D eigenvalue weighted by Gasteiger charge is 2.16. The molecule has 0 spiro atoms. The molecule has 4 nitrogen and oxygen atoms in total. The van der Waals surface area contributed by atoms with E-state index in [4.69, 9.17) is 9.47 Å². The lowest BCUT2D eigenvalue weighted by atomic mass is 9.97. The Bertz CT molecular complexity index is 1210. The third-order valence-electron chi connectivity index (χ3n) is 4.83. The monoisotopic (exact) mass is 380 g/mol. The van der Waals surface area contributed by atoms with Gasteiger partial charge in [-0.3, -0.25) is 0 Å². The average Bonchev–Trinajstić information content (AvgIpc) is 2.78. The molecule has 29 heavy (non-hydrogen) atoms. The van der Waals surface area contributed by atoms with E-state index in [2.05, 4.69) is 35.3 Å². The Hall–Kier alpha value is -3.84. The van der Waals surface area contributed by atoms with Gasteiger partial charge >= 0.3 is 0 Å². The van der Waals surface area contributed by atoms with Crippen LogP contribution in [0.3, 0.4) is 0 Å². The largest absolute Gasteiger partial charge is 0.497 e. The number of benzene rings is 3. The van der Waals surface area contributed by atoms with Crippen LogP contribution < -0.4 is 9.47 Å². The third-order valence-corrected chi connectivity index (χ3v) is 4.83. The predicted octanol–water partition coefficient (Wildman–Crippen LogP) is 5.85. The first-order chi connectivity index (χ1) is 14.2. The normalized spacial score (nSPS) is 10.5. The van der Waals surface area contributed by atoms with Gasteiger partial charge in [-0.1, -0.05) is 48.5 Å². The van der Waals surface area contributed by atoms with Crippen LogP contribution in [0.15, 0.2) is 72.8 Å². The van der Waals surface area contributed by atoms with Crippen molar-refractivity contribution in [2.45, 2.75) is 6.92 Å². The standard InChI is InChI=1S/C25H20N2O2/c1-3-29-25-23(16-26)22(18-10-12-21(28-2)13-11-18)15-24(27-25)20-9-8-17-6-4-5-7-19(17)14-20/h4-15H,3H2,1-2H3. The number of methoxy groups -OCH3 is 1. The van der Waals surface area contributed by atoms with E-state index in [1.54, 1.807) is 7.11 Å². The molecule has 142 valence electrons. The molecular weight excluding hydrogens is 360 g/mol. The van der Waals surface area contributed by atoms with Gasteiger partial charge in [0.25, 0.3) is 0 Å². The maximum Gasteiger partial charge on any atom is 0.232 e. The van der Waals surface area contributed by atoms with Crippen LogP contribution in [0.25, 0.3) is 33.2 Å². The number of hydrogen-bond acceptors (Lipinski definition) is 4. The fourth-order valence-electron chi connectivity index (χ4n) is 3.37. The number of hydrogen-bond donors (Lipinski definition) is 0. The minimum atomic E-state index is 0.353. The van der Waals surface area contributed by atoms with Gasteiger partial charge in [0.05, 0.1) is 19.4 Å². The SMILES string of the molecule is CCOc1nc(-c2ccc3ccccc3c2)cc(-c2ccc(OC)cc2)c1C#N. The Morgan fingerprint density at radius 1 is 0.897 bits per heavy atom. The van der Waals surface area contributed by atoms with E-state index in [-0.39, 0.29) is 0 Å². The van der Waals surface area contributed by atoms with Crippen molar-refractivity contribution in [1.29, 1.82) is 5.26 Å². The van der Waals surface area contributed by atoms with Crippen molar-refractivity contribution in [2.24, 2.45) is 0 Å². The molecule has 0 N–H and O–H groups in total. The summed E-state index contributed by atoms with van der Waals surface area (Å²) in [7, 11) is 1.63. The fourth-order valence-corrected chi connectivity index (χ4v) is 3.37. The zero-order chi connectivity index (χ0) is 20.2. The molecule has 0 aliphatic rings. The molecule has 0 aliphatic carbocycles. The van der Waals surface area contributed by atoms with Gasteiger partial charge in [0.1, 0.15) is 17.4 Å². The maximum atomic E-state index is 9.80. The van der Waals surface area contributed by atoms with Crippen molar-refractivity contribution in [1.82, 2.24) is 4.98 Å². The van der Waals surface area contributed by atoms with E-state index in [0.717, 1.165) is 33.5 Å². The Kier molecular flexibility index (Phi) is 5.13. The van der Waals surface area contributed by atoms with Crippen molar-refractivity contribution in [3.63, 3.8) is 0 Å². The first-order valence-electron chi connectivity index (χ1n) is 9.45. The number of nitriles is 1. The average molecular weight is 380 g/mol. The van der Waals surface area contributed by atoms with Gasteiger partial charge < -0.3 is 9.47 Å². The van der Waals surface area contributed by atoms with Crippen LogP contribution in [0.5, 0.6) is 11.6 Å². The Morgan fingerprint density at radius 2 is 1.62 bits per heavy atom. The zero-order valence-corrected chi connectivity index (χ0v) is 16.3. The molecule has 0 radical (unpaired) electrons. The summed E-state index contributed by atoms with van der Waals surface area (Å²) in [5, 5.41) is 12.1. The number of aromatic nitrogens is 1. The van der Waals surface area contributed by atoms with Gasteiger partial charge in [-0.15, -0.1) is 0 Å². The van der Waals surface area contributed by atoms with Crippen LogP contribution in [-0.2, 0) is 0 Å². The summed E-state index contributed by atoms with van der Waals surface area (Å²) in [6, 6.07) is 26.3. The first kappa shape index (κ1) is 18.5. The molecule has 0 unspecified atom stereocenters. The lowest BCUT2D eigenvalue weighted by Gasteiger charge is -2.13. The summed E-state index contributed by atoms with van der Waals surface area (Å²) in [4.78, 5) is 4.66. The Balaban J connectivity index is 1.91. The minimum absolute atomic E-state index is 0.353. The molecule has 0 atom stereocenters. The van der Waals surface area contributed by atoms with Gasteiger partial charge in [0, 0.05) is 11.1 Å². The first-order valence-corrected chi connectivity index (χ1v) is 9.45. The summed E-state index contributed by atoms with van der Waals surface area (Å²) in [6.45, 7) is 2.32. The van der Waals surface area contributed by atoms with E-state index in [9.17, 15) is 5.26 Å². The molecule has 0 saturated carbocycles. The molecular formula is C25H20N2O2. The number of pyridine rings is 1. The van der Waals surface area contributed by atoms with Crippen molar-refractivity contribution in [3.05, 3.63) is 78.4 Å². The summed E-state index contributed by atoms with van der Waals surface area (Å²) >= 11 is 0. The maximum absolute atomic E-state index is 9.80. The second-order valence-corrected chi connectivity index (χ2v) is 6.57. The second kappa shape index (κ2) is 8.04. The van der Waals surface area contributed by atoms with Gasteiger partial charge in [-0.2, -0.15) is 5.26 Å². The molecule has 1 aromatic heterocycles. The van der Waals surface area contributed by atoms with Gasteiger partial charge in [0.2, 0.25) is 5.88 Å². The molecule has 0 fully saturated rings. The van der Waals surface area contributed by atoms with Crippen LogP contribution in [0.2, 0.25) is 0 Å². The highest BCUT2D eigenvalue weighted by atomic mass is 16.5. The van der Waals surface area contributed by atoms with Crippen LogP contribution in [0.4, 0.5) is 0 Å². The van der Waals surface area contributed by atoms with Crippen molar-refractivity contribution >= 4 is 10.8 Å². The zero-order valence-electron chi connectivity index (χ0n) is 16.3. The van der Waals surface area contributed by atoms with Gasteiger partial charge in [-0.05, 0) is 47.5 Å². The van der Waals surface area contributed by atoms with Crippen LogP contribution in [-0.4, -0.2) is 18.7 Å². The van der Waals surface area contributed by atoms with E-state index in [0.29, 0.717) is 18.1 Å². The summed E-state index contributed by atoms with van der Waals surface area (Å²) < 4.78 is 11.0. The molecule has 4 aromatic rings. The highest BCUT2D eigenvalue weighted by molar-refractivity contribution is 5.88. The van der Waals surface area contributed by atoms with Crippen LogP contribution in [0, 0.1) is 11.3 Å². The third kappa shape index (κ3) is 3.63. The number of nitrogens with zero attached hydrogens (tertiary/aromatic N) is 2. The summed E-state index contributed by atoms with van der Waals surface area (Å²) in [5.74, 6) is 1.12. The van der Waals surface area contributed by atoms with Crippen molar-refractivity contribution in [3.8, 4) is 40.1 Å². The van der Waals surface area contributed by atoms with E-state index in [1.165, 1.54) is 5.39 Å². The number of fused-ring (bicyclic) bond motifs is 1. The summed E-state index contributed by atoms with van der Waals surface area (Å²) in [6.07, 6.45) is 0. The Morgan fingerprint density at radius 3 is 2.31 bits per heavy atom. The molecule has 0 amide bonds. The minimum Gasteiger partial charge on any atom is -0.497 e. The van der Waals surface area contributed by atoms with Gasteiger partial charge in [-0.25, -0.2) is 4.98 Å². The lowest BCUT2D eigenvalue weighted by molar-refractivity contribution is 0.326. The second-order valence-electron chi connectivity index (χ2n) is 6.57. The molecule has 0 saturated heterocycles. The van der Waals surface area contributed by atoms with E-state index >= 15 is 0 Å². The Labute approximate surface area is 170 Å². The van der Waals surface area contributed by atoms with Crippen molar-refractivity contribution in [2.75, 3.05) is 13.7 Å². The molecule has 0 bridgehead atoms. The fraction of sp³-hybridized carbons (Fsp3) is 0.120. The molecule has 4 rings (SSSR count). The predicted molar refractivity (Wildman–Crippen MR) is 115 cm³/mol. The number of rotatable bonds is 5. The lowest BCUT2D eigenvalue weighted by Crippen LogP contribution is -2.01. The van der Waals surface area contributed by atoms with Crippen molar-refractivity contribution < 1.29 is 9.47 Å². The van der Waals surface area contributed by atoms with Gasteiger partial charge in [0.15, 0.2) is 0 Å². The quantitative estimate of drug-likeness (QED) is 0.436. The highest BCUT2D eigenvalue weighted by Crippen LogP contribution is 2.35. The summed E-state index contributed by atoms with van der Waals surface area (Å²) in [5.41, 5.74) is 3.87. The molecule has 4 heteroatoms. The smallest absolute Gasteiger partial charge is 0.232 e. The molecule has 3 aromatic carbocycles.